The number of amides is 1. The number of carbonyl (C=O) groups excluding carboxylic acids is 1. The molecule has 1 saturated carbocycles. The van der Waals surface area contributed by atoms with E-state index in [1.165, 1.54) is 24.8 Å². The molecule has 1 amide bonds. The van der Waals surface area contributed by atoms with Crippen LogP contribution in [0.1, 0.15) is 36.8 Å². The number of nitrogens with one attached hydrogen (secondary N) is 2. The van der Waals surface area contributed by atoms with Gasteiger partial charge in [-0.25, -0.2) is 0 Å². The number of hydrogen-bond donors (Lipinski definition) is 2. The molecule has 2 aromatic rings. The largest absolute Gasteiger partial charge is 0.326 e. The molecule has 2 N–H and O–H groups in total. The maximum atomic E-state index is 12.1. The lowest BCUT2D eigenvalue weighted by atomic mass is 9.94. The van der Waals surface area contributed by atoms with Gasteiger partial charge in [0.2, 0.25) is 5.91 Å². The minimum Gasteiger partial charge on any atom is -0.326 e. The van der Waals surface area contributed by atoms with Crippen LogP contribution < -0.4 is 10.6 Å². The van der Waals surface area contributed by atoms with Crippen LogP contribution >= 0.6 is 0 Å². The molecule has 4 nitrogen and oxygen atoms in total. The molecule has 1 fully saturated rings. The maximum absolute atomic E-state index is 12.1. The van der Waals surface area contributed by atoms with E-state index in [1.54, 1.807) is 24.3 Å². The summed E-state index contributed by atoms with van der Waals surface area (Å²) in [5, 5.41) is 15.3. The summed E-state index contributed by atoms with van der Waals surface area (Å²) >= 11 is 0. The Bertz CT molecular complexity index is 749. The van der Waals surface area contributed by atoms with E-state index in [9.17, 15) is 4.79 Å². The molecule has 3 rings (SSSR count). The minimum absolute atomic E-state index is 0.000172. The second kappa shape index (κ2) is 9.17. The van der Waals surface area contributed by atoms with Gasteiger partial charge >= 0.3 is 0 Å². The van der Waals surface area contributed by atoms with E-state index in [2.05, 4.69) is 47.0 Å². The lowest BCUT2D eigenvalue weighted by Crippen LogP contribution is -2.35. The van der Waals surface area contributed by atoms with Gasteiger partial charge in [0, 0.05) is 24.7 Å². The molecule has 0 saturated heterocycles. The van der Waals surface area contributed by atoms with E-state index in [-0.39, 0.29) is 5.91 Å². The Hall–Kier alpha value is -2.64. The monoisotopic (exact) mass is 347 g/mol. The minimum atomic E-state index is -0.000172. The standard InChI is InChI=1S/C22H25N3O/c23-16-18-9-11-20(12-10-18)25-22(26)13-14-24-21-8-4-7-19(21)15-17-5-2-1-3-6-17/h1-3,5-6,9-12,19,21,24H,4,7-8,13-15H2,(H,25,26)/t19-,21-/m0/s1. The first-order valence-electron chi connectivity index (χ1n) is 9.32. The molecule has 2 aromatic carbocycles. The molecule has 0 aliphatic heterocycles. The Balaban J connectivity index is 1.41. The van der Waals surface area contributed by atoms with Gasteiger partial charge in [0.25, 0.3) is 0 Å². The van der Waals surface area contributed by atoms with Crippen molar-refractivity contribution >= 4 is 11.6 Å². The van der Waals surface area contributed by atoms with Gasteiger partial charge in [-0.1, -0.05) is 36.8 Å². The Morgan fingerprint density at radius 3 is 2.58 bits per heavy atom. The zero-order chi connectivity index (χ0) is 18.2. The van der Waals surface area contributed by atoms with Crippen LogP contribution in [-0.2, 0) is 11.2 Å². The molecular formula is C22H25N3O. The van der Waals surface area contributed by atoms with Crippen LogP contribution in [0, 0.1) is 17.2 Å². The van der Waals surface area contributed by atoms with Crippen molar-refractivity contribution in [1.82, 2.24) is 5.32 Å². The topological polar surface area (TPSA) is 64.9 Å². The van der Waals surface area contributed by atoms with E-state index >= 15 is 0 Å². The van der Waals surface area contributed by atoms with E-state index in [0.29, 0.717) is 30.5 Å². The summed E-state index contributed by atoms with van der Waals surface area (Å²) in [6.07, 6.45) is 5.26. The average Bonchev–Trinajstić information content (AvgIpc) is 3.10. The molecule has 0 bridgehead atoms. The third kappa shape index (κ3) is 5.18. The lowest BCUT2D eigenvalue weighted by Gasteiger charge is -2.21. The van der Waals surface area contributed by atoms with Gasteiger partial charge in [0.05, 0.1) is 11.6 Å². The van der Waals surface area contributed by atoms with Crippen molar-refractivity contribution in [2.75, 3.05) is 11.9 Å². The van der Waals surface area contributed by atoms with Crippen molar-refractivity contribution in [3.63, 3.8) is 0 Å². The third-order valence-electron chi connectivity index (χ3n) is 5.06. The second-order valence-electron chi connectivity index (χ2n) is 6.93. The molecule has 0 spiro atoms. The first kappa shape index (κ1) is 18.2. The molecule has 0 radical (unpaired) electrons. The van der Waals surface area contributed by atoms with E-state index in [1.807, 2.05) is 0 Å². The summed E-state index contributed by atoms with van der Waals surface area (Å²) in [6, 6.07) is 20.1. The van der Waals surface area contributed by atoms with Crippen LogP contribution in [0.5, 0.6) is 0 Å². The smallest absolute Gasteiger partial charge is 0.225 e. The van der Waals surface area contributed by atoms with Crippen LogP contribution in [0.25, 0.3) is 0 Å². The summed E-state index contributed by atoms with van der Waals surface area (Å²) < 4.78 is 0. The number of benzene rings is 2. The number of hydrogen-bond acceptors (Lipinski definition) is 3. The fourth-order valence-electron chi connectivity index (χ4n) is 3.69. The lowest BCUT2D eigenvalue weighted by molar-refractivity contribution is -0.116. The fourth-order valence-corrected chi connectivity index (χ4v) is 3.69. The Kier molecular flexibility index (Phi) is 6.40. The van der Waals surface area contributed by atoms with Gasteiger partial charge in [-0.05, 0) is 55.0 Å². The first-order valence-corrected chi connectivity index (χ1v) is 9.32. The number of nitriles is 1. The quantitative estimate of drug-likeness (QED) is 0.799. The summed E-state index contributed by atoms with van der Waals surface area (Å²) in [6.45, 7) is 0.693. The Labute approximate surface area is 155 Å². The van der Waals surface area contributed by atoms with Crippen molar-refractivity contribution in [2.24, 2.45) is 5.92 Å². The Morgan fingerprint density at radius 2 is 1.85 bits per heavy atom. The molecule has 4 heteroatoms. The molecule has 1 aliphatic carbocycles. The van der Waals surface area contributed by atoms with Crippen molar-refractivity contribution < 1.29 is 4.79 Å². The van der Waals surface area contributed by atoms with Gasteiger partial charge in [-0.3, -0.25) is 4.79 Å². The second-order valence-corrected chi connectivity index (χ2v) is 6.93. The summed E-state index contributed by atoms with van der Waals surface area (Å²) in [5.41, 5.74) is 2.72. The van der Waals surface area contributed by atoms with Gasteiger partial charge in [0.1, 0.15) is 0 Å². The van der Waals surface area contributed by atoms with Crippen LogP contribution in [-0.4, -0.2) is 18.5 Å². The fraction of sp³-hybridized carbons (Fsp3) is 0.364. The van der Waals surface area contributed by atoms with Crippen LogP contribution in [0.2, 0.25) is 0 Å². The zero-order valence-corrected chi connectivity index (χ0v) is 14.9. The number of rotatable bonds is 7. The van der Waals surface area contributed by atoms with Gasteiger partial charge in [0.15, 0.2) is 0 Å². The third-order valence-corrected chi connectivity index (χ3v) is 5.06. The number of anilines is 1. The van der Waals surface area contributed by atoms with Gasteiger partial charge < -0.3 is 10.6 Å². The highest BCUT2D eigenvalue weighted by atomic mass is 16.1. The predicted octanol–water partition coefficient (Wildman–Crippen LogP) is 3.89. The molecule has 0 heterocycles. The van der Waals surface area contributed by atoms with Crippen LogP contribution in [0.15, 0.2) is 54.6 Å². The molecule has 0 unspecified atom stereocenters. The highest BCUT2D eigenvalue weighted by molar-refractivity contribution is 5.90. The van der Waals surface area contributed by atoms with E-state index in [4.69, 9.17) is 5.26 Å². The summed E-state index contributed by atoms with van der Waals surface area (Å²) in [5.74, 6) is 0.652. The number of carbonyl (C=O) groups is 1. The normalized spacial score (nSPS) is 19.0. The average molecular weight is 347 g/mol. The van der Waals surface area contributed by atoms with Gasteiger partial charge in [-0.15, -0.1) is 0 Å². The van der Waals surface area contributed by atoms with Crippen LogP contribution in [0.4, 0.5) is 5.69 Å². The zero-order valence-electron chi connectivity index (χ0n) is 14.9. The predicted molar refractivity (Wildman–Crippen MR) is 104 cm³/mol. The molecule has 1 aliphatic rings. The van der Waals surface area contributed by atoms with Crippen molar-refractivity contribution in [2.45, 2.75) is 38.1 Å². The maximum Gasteiger partial charge on any atom is 0.225 e. The highest BCUT2D eigenvalue weighted by Gasteiger charge is 2.26. The molecule has 26 heavy (non-hydrogen) atoms. The van der Waals surface area contributed by atoms with Crippen molar-refractivity contribution in [3.05, 3.63) is 65.7 Å². The SMILES string of the molecule is N#Cc1ccc(NC(=O)CCN[C@H]2CCC[C@H]2Cc2ccccc2)cc1. The molecule has 134 valence electrons. The van der Waals surface area contributed by atoms with Crippen LogP contribution in [0.3, 0.4) is 0 Å². The first-order chi connectivity index (χ1) is 12.7. The van der Waals surface area contributed by atoms with Crippen molar-refractivity contribution in [3.8, 4) is 6.07 Å². The summed E-state index contributed by atoms with van der Waals surface area (Å²) in [4.78, 5) is 12.1. The summed E-state index contributed by atoms with van der Waals surface area (Å²) in [7, 11) is 0. The highest BCUT2D eigenvalue weighted by Crippen LogP contribution is 2.28. The van der Waals surface area contributed by atoms with E-state index < -0.39 is 0 Å². The number of nitrogens with zero attached hydrogens (tertiary/aromatic N) is 1. The molecule has 2 atom stereocenters. The van der Waals surface area contributed by atoms with E-state index in [0.717, 1.165) is 12.1 Å². The Morgan fingerprint density at radius 1 is 1.08 bits per heavy atom. The molecule has 0 aromatic heterocycles. The van der Waals surface area contributed by atoms with Gasteiger partial charge in [-0.2, -0.15) is 5.26 Å². The van der Waals surface area contributed by atoms with Crippen molar-refractivity contribution in [1.29, 1.82) is 5.26 Å². The molecular weight excluding hydrogens is 322 g/mol.